The summed E-state index contributed by atoms with van der Waals surface area (Å²) in [5.74, 6) is 0. The molecule has 1 aromatic carbocycles. The fraction of sp³-hybridized carbons (Fsp3) is 0.429. The summed E-state index contributed by atoms with van der Waals surface area (Å²) in [6, 6.07) is 6.98. The van der Waals surface area contributed by atoms with Crippen molar-refractivity contribution in [3.05, 3.63) is 45.1 Å². The molecular weight excluding hydrogens is 244 g/mol. The number of para-hydroxylation sites is 1. The molecule has 5 nitrogen and oxygen atoms in total. The molecule has 5 heteroatoms. The number of aromatic amines is 1. The number of aromatic nitrogens is 2. The first-order valence-electron chi connectivity index (χ1n) is 6.24. The van der Waals surface area contributed by atoms with E-state index in [0.717, 1.165) is 0 Å². The molecule has 0 fully saturated rings. The van der Waals surface area contributed by atoms with Crippen LogP contribution in [0.4, 0.5) is 0 Å². The Morgan fingerprint density at radius 3 is 2.58 bits per heavy atom. The van der Waals surface area contributed by atoms with Crippen molar-refractivity contribution >= 4 is 10.9 Å². The largest absolute Gasteiger partial charge is 0.374 e. The maximum Gasteiger partial charge on any atom is 0.328 e. The van der Waals surface area contributed by atoms with Crippen molar-refractivity contribution in [2.75, 3.05) is 6.61 Å². The SMILES string of the molecule is CC(C)(C)OCCn1c(=O)[nH]c2ccccc2c1=O. The van der Waals surface area contributed by atoms with Crippen LogP contribution in [0.3, 0.4) is 0 Å². The van der Waals surface area contributed by atoms with Crippen LogP contribution in [0.15, 0.2) is 33.9 Å². The highest BCUT2D eigenvalue weighted by Gasteiger charge is 2.11. The van der Waals surface area contributed by atoms with Crippen molar-refractivity contribution in [1.29, 1.82) is 0 Å². The molecule has 0 saturated heterocycles. The monoisotopic (exact) mass is 262 g/mol. The van der Waals surface area contributed by atoms with Gasteiger partial charge in [0.05, 0.1) is 29.7 Å². The highest BCUT2D eigenvalue weighted by Crippen LogP contribution is 2.06. The molecule has 0 saturated carbocycles. The molecule has 1 N–H and O–H groups in total. The standard InChI is InChI=1S/C14H18N2O3/c1-14(2,3)19-9-8-16-12(17)10-6-4-5-7-11(10)15-13(16)18/h4-7H,8-9H2,1-3H3,(H,15,18). The summed E-state index contributed by atoms with van der Waals surface area (Å²) in [5, 5.41) is 0.512. The van der Waals surface area contributed by atoms with Gasteiger partial charge in [0.15, 0.2) is 0 Å². The summed E-state index contributed by atoms with van der Waals surface area (Å²) >= 11 is 0. The summed E-state index contributed by atoms with van der Waals surface area (Å²) in [6.07, 6.45) is 0. The number of nitrogens with one attached hydrogen (secondary N) is 1. The van der Waals surface area contributed by atoms with E-state index in [-0.39, 0.29) is 17.7 Å². The van der Waals surface area contributed by atoms with Gasteiger partial charge in [-0.2, -0.15) is 0 Å². The Bertz CT molecular complexity index is 692. The number of benzene rings is 1. The van der Waals surface area contributed by atoms with Crippen LogP contribution in [0.5, 0.6) is 0 Å². The first kappa shape index (κ1) is 13.5. The third-order valence-corrected chi connectivity index (χ3v) is 2.74. The first-order valence-corrected chi connectivity index (χ1v) is 6.24. The lowest BCUT2D eigenvalue weighted by Gasteiger charge is -2.19. The van der Waals surface area contributed by atoms with E-state index in [4.69, 9.17) is 4.74 Å². The molecule has 0 aliphatic rings. The first-order chi connectivity index (χ1) is 8.88. The van der Waals surface area contributed by atoms with E-state index in [1.54, 1.807) is 24.3 Å². The smallest absolute Gasteiger partial charge is 0.328 e. The Labute approximate surface area is 110 Å². The van der Waals surface area contributed by atoms with E-state index in [0.29, 0.717) is 17.5 Å². The van der Waals surface area contributed by atoms with Gasteiger partial charge in [-0.25, -0.2) is 4.79 Å². The second kappa shape index (κ2) is 5.01. The minimum absolute atomic E-state index is 0.246. The van der Waals surface area contributed by atoms with Gasteiger partial charge in [0.2, 0.25) is 0 Å². The number of nitrogens with zero attached hydrogens (tertiary/aromatic N) is 1. The molecule has 0 aliphatic heterocycles. The summed E-state index contributed by atoms with van der Waals surface area (Å²) in [6.45, 7) is 6.36. The topological polar surface area (TPSA) is 64.1 Å². The second-order valence-electron chi connectivity index (χ2n) is 5.39. The molecule has 0 unspecified atom stereocenters. The quantitative estimate of drug-likeness (QED) is 0.911. The van der Waals surface area contributed by atoms with Gasteiger partial charge in [0, 0.05) is 0 Å². The molecule has 0 atom stereocenters. The predicted octanol–water partition coefficient (Wildman–Crippen LogP) is 1.50. The van der Waals surface area contributed by atoms with Crippen LogP contribution in [-0.2, 0) is 11.3 Å². The van der Waals surface area contributed by atoms with Crippen molar-refractivity contribution in [3.8, 4) is 0 Å². The number of fused-ring (bicyclic) bond motifs is 1. The van der Waals surface area contributed by atoms with Gasteiger partial charge < -0.3 is 9.72 Å². The maximum atomic E-state index is 12.2. The van der Waals surface area contributed by atoms with Gasteiger partial charge in [-0.3, -0.25) is 9.36 Å². The number of rotatable bonds is 3. The predicted molar refractivity (Wildman–Crippen MR) is 74.5 cm³/mol. The number of ether oxygens (including phenoxy) is 1. The minimum Gasteiger partial charge on any atom is -0.374 e. The zero-order chi connectivity index (χ0) is 14.0. The average molecular weight is 262 g/mol. The summed E-state index contributed by atoms with van der Waals surface area (Å²) < 4.78 is 6.72. The number of H-pyrrole nitrogens is 1. The van der Waals surface area contributed by atoms with Crippen LogP contribution in [-0.4, -0.2) is 21.8 Å². The molecule has 0 bridgehead atoms. The van der Waals surface area contributed by atoms with Crippen molar-refractivity contribution in [2.45, 2.75) is 32.9 Å². The molecule has 1 heterocycles. The van der Waals surface area contributed by atoms with E-state index in [1.165, 1.54) is 4.57 Å². The van der Waals surface area contributed by atoms with Gasteiger partial charge in [-0.05, 0) is 32.9 Å². The van der Waals surface area contributed by atoms with Crippen molar-refractivity contribution in [1.82, 2.24) is 9.55 Å². The van der Waals surface area contributed by atoms with Crippen molar-refractivity contribution < 1.29 is 4.74 Å². The van der Waals surface area contributed by atoms with Gasteiger partial charge in [0.25, 0.3) is 5.56 Å². The molecule has 1 aromatic heterocycles. The molecule has 2 aromatic rings. The minimum atomic E-state index is -0.402. The number of hydrogen-bond acceptors (Lipinski definition) is 3. The highest BCUT2D eigenvalue weighted by molar-refractivity contribution is 5.76. The van der Waals surface area contributed by atoms with Gasteiger partial charge in [-0.1, -0.05) is 12.1 Å². The summed E-state index contributed by atoms with van der Waals surface area (Å²) in [7, 11) is 0. The van der Waals surface area contributed by atoms with E-state index in [2.05, 4.69) is 4.98 Å². The normalized spacial score (nSPS) is 11.9. The highest BCUT2D eigenvalue weighted by atomic mass is 16.5. The molecule has 0 spiro atoms. The lowest BCUT2D eigenvalue weighted by atomic mass is 10.2. The van der Waals surface area contributed by atoms with Crippen molar-refractivity contribution in [3.63, 3.8) is 0 Å². The van der Waals surface area contributed by atoms with Gasteiger partial charge >= 0.3 is 5.69 Å². The van der Waals surface area contributed by atoms with E-state index in [9.17, 15) is 9.59 Å². The van der Waals surface area contributed by atoms with Crippen molar-refractivity contribution in [2.24, 2.45) is 0 Å². The van der Waals surface area contributed by atoms with Crippen LogP contribution in [0.25, 0.3) is 10.9 Å². The molecule has 0 amide bonds. The Morgan fingerprint density at radius 2 is 1.89 bits per heavy atom. The van der Waals surface area contributed by atoms with E-state index < -0.39 is 5.69 Å². The maximum absolute atomic E-state index is 12.2. The Hall–Kier alpha value is -1.88. The zero-order valence-electron chi connectivity index (χ0n) is 11.4. The van der Waals surface area contributed by atoms with E-state index >= 15 is 0 Å². The second-order valence-corrected chi connectivity index (χ2v) is 5.39. The van der Waals surface area contributed by atoms with E-state index in [1.807, 2.05) is 20.8 Å². The lowest BCUT2D eigenvalue weighted by molar-refractivity contribution is -0.00747. The van der Waals surface area contributed by atoms with Crippen LogP contribution < -0.4 is 11.2 Å². The van der Waals surface area contributed by atoms with Gasteiger partial charge in [-0.15, -0.1) is 0 Å². The fourth-order valence-corrected chi connectivity index (χ4v) is 1.85. The van der Waals surface area contributed by atoms with Crippen LogP contribution in [0.2, 0.25) is 0 Å². The molecule has 102 valence electrons. The van der Waals surface area contributed by atoms with Crippen LogP contribution in [0, 0.1) is 0 Å². The van der Waals surface area contributed by atoms with Crippen LogP contribution >= 0.6 is 0 Å². The zero-order valence-corrected chi connectivity index (χ0v) is 11.4. The fourth-order valence-electron chi connectivity index (χ4n) is 1.85. The molecular formula is C14H18N2O3. The Morgan fingerprint density at radius 1 is 1.21 bits per heavy atom. The Balaban J connectivity index is 2.34. The number of hydrogen-bond donors (Lipinski definition) is 1. The Kier molecular flexibility index (Phi) is 3.57. The molecule has 0 aliphatic carbocycles. The molecule has 0 radical (unpaired) electrons. The van der Waals surface area contributed by atoms with Gasteiger partial charge in [0.1, 0.15) is 0 Å². The lowest BCUT2D eigenvalue weighted by Crippen LogP contribution is -2.37. The average Bonchev–Trinajstić information content (AvgIpc) is 2.32. The summed E-state index contributed by atoms with van der Waals surface area (Å²) in [4.78, 5) is 26.8. The molecule has 2 rings (SSSR count). The van der Waals surface area contributed by atoms with Crippen LogP contribution in [0.1, 0.15) is 20.8 Å². The summed E-state index contributed by atoms with van der Waals surface area (Å²) in [5.41, 5.74) is -0.406. The third-order valence-electron chi connectivity index (χ3n) is 2.74. The third kappa shape index (κ3) is 3.12. The molecule has 19 heavy (non-hydrogen) atoms.